The molecule has 170 valence electrons. The second kappa shape index (κ2) is 11.8. The average Bonchev–Trinajstić information content (AvgIpc) is 2.81. The van der Waals surface area contributed by atoms with Crippen LogP contribution in [0, 0.1) is 0 Å². The fraction of sp³-hybridized carbons (Fsp3) is 0.227. The summed E-state index contributed by atoms with van der Waals surface area (Å²) in [6, 6.07) is 8.99. The van der Waals surface area contributed by atoms with Crippen LogP contribution < -0.4 is 29.6 Å². The average molecular weight is 444 g/mol. The number of anilines is 1. The van der Waals surface area contributed by atoms with Crippen molar-refractivity contribution in [3.63, 3.8) is 0 Å². The number of hydrogen-bond donors (Lipinski definition) is 2. The Morgan fingerprint density at radius 3 is 2.06 bits per heavy atom. The van der Waals surface area contributed by atoms with Crippen LogP contribution in [0.1, 0.15) is 5.56 Å². The van der Waals surface area contributed by atoms with Gasteiger partial charge in [-0.05, 0) is 36.4 Å². The minimum atomic E-state index is -0.790. The van der Waals surface area contributed by atoms with E-state index in [4.69, 9.17) is 23.7 Å². The van der Waals surface area contributed by atoms with Gasteiger partial charge in [-0.2, -0.15) is 0 Å². The first-order valence-electron chi connectivity index (χ1n) is 9.29. The van der Waals surface area contributed by atoms with Crippen molar-refractivity contribution in [2.24, 2.45) is 0 Å². The number of ether oxygens (including phenoxy) is 5. The zero-order valence-corrected chi connectivity index (χ0v) is 18.1. The van der Waals surface area contributed by atoms with Gasteiger partial charge < -0.3 is 29.0 Å². The van der Waals surface area contributed by atoms with Crippen LogP contribution in [-0.4, -0.2) is 53.0 Å². The summed E-state index contributed by atoms with van der Waals surface area (Å²) in [6.45, 7) is -0.637. The molecule has 0 aromatic heterocycles. The van der Waals surface area contributed by atoms with Crippen molar-refractivity contribution in [1.82, 2.24) is 5.32 Å². The van der Waals surface area contributed by atoms with Gasteiger partial charge in [-0.3, -0.25) is 10.1 Å². The highest BCUT2D eigenvalue weighted by atomic mass is 16.5. The summed E-state index contributed by atoms with van der Waals surface area (Å²) in [5, 5.41) is 4.53. The van der Waals surface area contributed by atoms with E-state index in [-0.39, 0.29) is 0 Å². The first-order valence-corrected chi connectivity index (χ1v) is 9.29. The molecule has 0 atom stereocenters. The molecule has 0 heterocycles. The van der Waals surface area contributed by atoms with Gasteiger partial charge in [0.1, 0.15) is 11.5 Å². The van der Waals surface area contributed by atoms with E-state index >= 15 is 0 Å². The third-order valence-corrected chi connectivity index (χ3v) is 4.08. The number of nitrogens with one attached hydrogen (secondary N) is 2. The number of carbonyl (C=O) groups is 3. The molecule has 0 saturated carbocycles. The van der Waals surface area contributed by atoms with E-state index in [2.05, 4.69) is 10.6 Å². The first kappa shape index (κ1) is 24.1. The third kappa shape index (κ3) is 6.94. The van der Waals surface area contributed by atoms with Crippen molar-refractivity contribution in [3.05, 3.63) is 48.0 Å². The van der Waals surface area contributed by atoms with Crippen LogP contribution in [0.2, 0.25) is 0 Å². The van der Waals surface area contributed by atoms with Gasteiger partial charge in [0.25, 0.3) is 5.91 Å². The van der Waals surface area contributed by atoms with Gasteiger partial charge >= 0.3 is 12.0 Å². The van der Waals surface area contributed by atoms with Crippen LogP contribution in [0.25, 0.3) is 6.08 Å². The van der Waals surface area contributed by atoms with Gasteiger partial charge in [-0.15, -0.1) is 0 Å². The Morgan fingerprint density at radius 2 is 1.47 bits per heavy atom. The lowest BCUT2D eigenvalue weighted by molar-refractivity contribution is -0.143. The van der Waals surface area contributed by atoms with Crippen molar-refractivity contribution < 1.29 is 38.1 Å². The Bertz CT molecular complexity index is 986. The van der Waals surface area contributed by atoms with Crippen LogP contribution in [-0.2, 0) is 14.3 Å². The number of carbonyl (C=O) groups excluding carboxylic acids is 3. The van der Waals surface area contributed by atoms with Gasteiger partial charge in [-0.25, -0.2) is 9.59 Å². The highest BCUT2D eigenvalue weighted by Crippen LogP contribution is 2.35. The van der Waals surface area contributed by atoms with E-state index in [0.717, 1.165) is 6.08 Å². The summed E-state index contributed by atoms with van der Waals surface area (Å²) in [5.74, 6) is 0.406. The largest absolute Gasteiger partial charge is 0.497 e. The Morgan fingerprint density at radius 1 is 0.844 bits per heavy atom. The molecule has 0 aliphatic heterocycles. The monoisotopic (exact) mass is 444 g/mol. The molecule has 32 heavy (non-hydrogen) atoms. The molecule has 10 heteroatoms. The Kier molecular flexibility index (Phi) is 8.91. The highest BCUT2D eigenvalue weighted by molar-refractivity contribution is 6.02. The van der Waals surface area contributed by atoms with E-state index in [1.165, 1.54) is 34.5 Å². The van der Waals surface area contributed by atoms with Gasteiger partial charge in [0, 0.05) is 23.4 Å². The SMILES string of the molecule is COc1ccc(NC(=O)NC(=O)COC(=O)/C=C/c2cc(OC)c(OC)cc2OC)cc1. The van der Waals surface area contributed by atoms with Crippen LogP contribution in [0.3, 0.4) is 0 Å². The molecule has 0 aliphatic carbocycles. The molecule has 0 unspecified atom stereocenters. The predicted octanol–water partition coefficient (Wildman–Crippen LogP) is 2.63. The molecule has 0 aliphatic rings. The van der Waals surface area contributed by atoms with Crippen molar-refractivity contribution in [2.75, 3.05) is 40.4 Å². The second-order valence-corrected chi connectivity index (χ2v) is 6.12. The second-order valence-electron chi connectivity index (χ2n) is 6.12. The van der Waals surface area contributed by atoms with Crippen molar-refractivity contribution in [1.29, 1.82) is 0 Å². The topological polar surface area (TPSA) is 121 Å². The molecule has 0 saturated heterocycles. The summed E-state index contributed by atoms with van der Waals surface area (Å²) in [4.78, 5) is 35.6. The van der Waals surface area contributed by atoms with Crippen molar-refractivity contribution in [3.8, 4) is 23.0 Å². The molecule has 2 aromatic rings. The minimum Gasteiger partial charge on any atom is -0.497 e. The van der Waals surface area contributed by atoms with Gasteiger partial charge in [0.05, 0.1) is 28.4 Å². The number of imide groups is 1. The molecule has 0 bridgehead atoms. The zero-order valence-electron chi connectivity index (χ0n) is 18.1. The summed E-state index contributed by atoms with van der Waals surface area (Å²) < 4.78 is 25.6. The van der Waals surface area contributed by atoms with Crippen LogP contribution in [0.15, 0.2) is 42.5 Å². The normalized spacial score (nSPS) is 10.2. The molecule has 2 aromatic carbocycles. The fourth-order valence-corrected chi connectivity index (χ4v) is 2.53. The van der Waals surface area contributed by atoms with E-state index < -0.39 is 24.5 Å². The van der Waals surface area contributed by atoms with E-state index in [1.807, 2.05) is 0 Å². The lowest BCUT2D eigenvalue weighted by Gasteiger charge is -2.12. The highest BCUT2D eigenvalue weighted by Gasteiger charge is 2.12. The molecule has 3 amide bonds. The molecule has 2 N–H and O–H groups in total. The lowest BCUT2D eigenvalue weighted by atomic mass is 10.1. The molecular formula is C22H24N2O8. The van der Waals surface area contributed by atoms with E-state index in [9.17, 15) is 14.4 Å². The van der Waals surface area contributed by atoms with E-state index in [1.54, 1.807) is 36.4 Å². The predicted molar refractivity (Wildman–Crippen MR) is 116 cm³/mol. The maximum Gasteiger partial charge on any atom is 0.331 e. The minimum absolute atomic E-state index is 0.444. The number of benzene rings is 2. The van der Waals surface area contributed by atoms with Crippen LogP contribution in [0.5, 0.6) is 23.0 Å². The summed E-state index contributed by atoms with van der Waals surface area (Å²) in [5.41, 5.74) is 0.991. The standard InChI is InChI=1S/C22H24N2O8/c1-28-16-8-6-15(7-9-16)23-22(27)24-20(25)13-32-21(26)10-5-14-11-18(30-3)19(31-4)12-17(14)29-2/h5-12H,13H2,1-4H3,(H2,23,24,25,27)/b10-5+. The molecule has 10 nitrogen and oxygen atoms in total. The summed E-state index contributed by atoms with van der Waals surface area (Å²) in [7, 11) is 5.97. The van der Waals surface area contributed by atoms with Gasteiger partial charge in [0.2, 0.25) is 0 Å². The number of rotatable bonds is 9. The Balaban J connectivity index is 1.87. The lowest BCUT2D eigenvalue weighted by Crippen LogP contribution is -2.37. The van der Waals surface area contributed by atoms with Crippen molar-refractivity contribution >= 4 is 29.7 Å². The van der Waals surface area contributed by atoms with Gasteiger partial charge in [-0.1, -0.05) is 0 Å². The van der Waals surface area contributed by atoms with Crippen molar-refractivity contribution in [2.45, 2.75) is 0 Å². The molecule has 2 rings (SSSR count). The number of urea groups is 1. The van der Waals surface area contributed by atoms with E-state index in [0.29, 0.717) is 34.2 Å². The first-order chi connectivity index (χ1) is 15.4. The number of hydrogen-bond acceptors (Lipinski definition) is 8. The quantitative estimate of drug-likeness (QED) is 0.447. The smallest absolute Gasteiger partial charge is 0.331 e. The molecule has 0 spiro atoms. The fourth-order valence-electron chi connectivity index (χ4n) is 2.53. The molecular weight excluding hydrogens is 420 g/mol. The maximum atomic E-state index is 11.9. The van der Waals surface area contributed by atoms with Gasteiger partial charge in [0.15, 0.2) is 18.1 Å². The molecule has 0 radical (unpaired) electrons. The van der Waals surface area contributed by atoms with Crippen LogP contribution >= 0.6 is 0 Å². The van der Waals surface area contributed by atoms with Crippen LogP contribution in [0.4, 0.5) is 10.5 Å². The number of methoxy groups -OCH3 is 4. The Hall–Kier alpha value is -4.21. The maximum absolute atomic E-state index is 11.9. The Labute approximate surface area is 185 Å². The molecule has 0 fully saturated rings. The zero-order chi connectivity index (χ0) is 23.5. The number of esters is 1. The third-order valence-electron chi connectivity index (χ3n) is 4.08. The number of amides is 3. The summed E-state index contributed by atoms with van der Waals surface area (Å²) >= 11 is 0. The summed E-state index contributed by atoms with van der Waals surface area (Å²) in [6.07, 6.45) is 2.56.